The lowest BCUT2D eigenvalue weighted by atomic mass is 10.0. The number of unbranched alkanes of at least 4 members (excludes halogenated alkanes) is 3. The largest absolute Gasteiger partial charge is 0.458 e. The molecular formula is C13H24O7S. The minimum absolute atomic E-state index is 0.295. The van der Waals surface area contributed by atoms with Gasteiger partial charge in [0.05, 0.1) is 13.2 Å². The Kier molecular flexibility index (Phi) is 8.53. The van der Waals surface area contributed by atoms with Crippen LogP contribution in [0, 0.1) is 0 Å². The molecule has 0 bridgehead atoms. The van der Waals surface area contributed by atoms with Crippen LogP contribution in [0.3, 0.4) is 0 Å². The molecule has 21 heavy (non-hydrogen) atoms. The van der Waals surface area contributed by atoms with E-state index in [1.807, 2.05) is 0 Å². The summed E-state index contributed by atoms with van der Waals surface area (Å²) in [6.07, 6.45) is -1.43. The first-order valence-corrected chi connectivity index (χ1v) is 8.03. The number of rotatable bonds is 7. The molecule has 8 heteroatoms. The van der Waals surface area contributed by atoms with E-state index in [0.29, 0.717) is 18.4 Å². The first kappa shape index (κ1) is 18.7. The van der Waals surface area contributed by atoms with Gasteiger partial charge in [0.1, 0.15) is 29.9 Å². The van der Waals surface area contributed by atoms with E-state index in [4.69, 9.17) is 14.6 Å². The maximum atomic E-state index is 11.6. The molecule has 7 nitrogen and oxygen atoms in total. The van der Waals surface area contributed by atoms with Crippen LogP contribution in [0.1, 0.15) is 32.6 Å². The number of carbonyl (C=O) groups excluding carboxylic acids is 1. The predicted octanol–water partition coefficient (Wildman–Crippen LogP) is 0.236. The summed E-state index contributed by atoms with van der Waals surface area (Å²) in [6, 6.07) is 0. The van der Waals surface area contributed by atoms with Crippen LogP contribution in [0.25, 0.3) is 0 Å². The number of hydrogen-bond donors (Lipinski definition) is 4. The van der Waals surface area contributed by atoms with Crippen molar-refractivity contribution in [1.29, 1.82) is 0 Å². The fourth-order valence-corrected chi connectivity index (χ4v) is 2.82. The number of carbonyl (C=O) groups is 1. The third-order valence-electron chi connectivity index (χ3n) is 3.28. The van der Waals surface area contributed by atoms with Crippen LogP contribution < -0.4 is 0 Å². The zero-order chi connectivity index (χ0) is 15.8. The molecule has 0 saturated carbocycles. The van der Waals surface area contributed by atoms with Crippen LogP contribution in [-0.2, 0) is 9.47 Å². The molecule has 1 saturated heterocycles. The molecule has 124 valence electrons. The fourth-order valence-electron chi connectivity index (χ4n) is 1.98. The van der Waals surface area contributed by atoms with Crippen molar-refractivity contribution in [2.24, 2.45) is 0 Å². The van der Waals surface area contributed by atoms with Crippen LogP contribution in [-0.4, -0.2) is 68.8 Å². The summed E-state index contributed by atoms with van der Waals surface area (Å²) in [6.45, 7) is 1.86. The lowest BCUT2D eigenvalue weighted by Crippen LogP contribution is -2.57. The summed E-state index contributed by atoms with van der Waals surface area (Å²) in [4.78, 5) is 11.6. The molecule has 0 aromatic rings. The van der Waals surface area contributed by atoms with Gasteiger partial charge in [-0.05, 0) is 18.2 Å². The summed E-state index contributed by atoms with van der Waals surface area (Å²) in [5.41, 5.74) is -1.08. The van der Waals surface area contributed by atoms with Crippen molar-refractivity contribution in [2.45, 2.75) is 62.5 Å². The predicted molar refractivity (Wildman–Crippen MR) is 76.8 cm³/mol. The van der Waals surface area contributed by atoms with E-state index in [1.165, 1.54) is 0 Å². The van der Waals surface area contributed by atoms with E-state index in [0.717, 1.165) is 25.7 Å². The summed E-state index contributed by atoms with van der Waals surface area (Å²) in [5.74, 6) is 0. The average molecular weight is 324 g/mol. The maximum Gasteiger partial charge on any atom is 0.369 e. The fraction of sp³-hybridized carbons (Fsp3) is 0.923. The molecule has 1 heterocycles. The number of aliphatic hydroxyl groups is 4. The Labute approximate surface area is 128 Å². The zero-order valence-corrected chi connectivity index (χ0v) is 12.9. The second kappa shape index (κ2) is 9.60. The Bertz CT molecular complexity index is 313. The van der Waals surface area contributed by atoms with Crippen LogP contribution >= 0.6 is 11.8 Å². The summed E-state index contributed by atoms with van der Waals surface area (Å²) >= 11 is 0.602. The Morgan fingerprint density at radius 2 is 1.86 bits per heavy atom. The van der Waals surface area contributed by atoms with Crippen LogP contribution in [0.15, 0.2) is 0 Å². The van der Waals surface area contributed by atoms with Gasteiger partial charge < -0.3 is 29.9 Å². The highest BCUT2D eigenvalue weighted by molar-refractivity contribution is 8.13. The minimum atomic E-state index is -1.48. The van der Waals surface area contributed by atoms with E-state index in [1.54, 1.807) is 0 Å². The Hall–Kier alpha value is -0.380. The Morgan fingerprint density at radius 1 is 1.14 bits per heavy atom. The summed E-state index contributed by atoms with van der Waals surface area (Å²) in [7, 11) is 0. The van der Waals surface area contributed by atoms with E-state index < -0.39 is 41.8 Å². The van der Waals surface area contributed by atoms with Gasteiger partial charge >= 0.3 is 5.30 Å². The molecule has 4 N–H and O–H groups in total. The van der Waals surface area contributed by atoms with Crippen molar-refractivity contribution in [2.75, 3.05) is 13.2 Å². The van der Waals surface area contributed by atoms with E-state index in [2.05, 4.69) is 6.92 Å². The first-order valence-electron chi connectivity index (χ1n) is 7.15. The molecule has 1 unspecified atom stereocenters. The van der Waals surface area contributed by atoms with Gasteiger partial charge in [0.15, 0.2) is 0 Å². The van der Waals surface area contributed by atoms with Gasteiger partial charge in [0.25, 0.3) is 0 Å². The highest BCUT2D eigenvalue weighted by Gasteiger charge is 2.44. The molecule has 1 rings (SSSR count). The van der Waals surface area contributed by atoms with Gasteiger partial charge in [-0.3, -0.25) is 0 Å². The molecule has 0 radical (unpaired) electrons. The van der Waals surface area contributed by atoms with Crippen molar-refractivity contribution >= 4 is 17.1 Å². The lowest BCUT2D eigenvalue weighted by molar-refractivity contribution is -0.205. The molecule has 0 spiro atoms. The van der Waals surface area contributed by atoms with Crippen molar-refractivity contribution in [1.82, 2.24) is 0 Å². The molecule has 1 aliphatic rings. The molecular weight excluding hydrogens is 300 g/mol. The number of aliphatic hydroxyl groups excluding tert-OH is 4. The number of ether oxygens (including phenoxy) is 2. The maximum absolute atomic E-state index is 11.6. The summed E-state index contributed by atoms with van der Waals surface area (Å²) < 4.78 is 10.2. The van der Waals surface area contributed by atoms with Crippen molar-refractivity contribution in [3.63, 3.8) is 0 Å². The van der Waals surface area contributed by atoms with Gasteiger partial charge in [-0.25, -0.2) is 4.79 Å². The van der Waals surface area contributed by atoms with Crippen LogP contribution in [0.4, 0.5) is 4.79 Å². The smallest absolute Gasteiger partial charge is 0.369 e. The third-order valence-corrected chi connectivity index (χ3v) is 4.21. The van der Waals surface area contributed by atoms with Crippen molar-refractivity contribution in [3.8, 4) is 0 Å². The molecule has 0 aliphatic carbocycles. The lowest BCUT2D eigenvalue weighted by Gasteiger charge is -2.39. The standard InChI is InChI=1S/C13H24O7S/c1-2-3-4-5-6-19-13(18)21-12-11(17)10(16)9(15)8(7-14)20-12/h8-12,14-17H,2-7H2,1H3/t8-,9+,10+,11-,12?/m1/s1. The summed E-state index contributed by atoms with van der Waals surface area (Å²) in [5, 5.41) is 37.4. The van der Waals surface area contributed by atoms with E-state index in [9.17, 15) is 20.1 Å². The third kappa shape index (κ3) is 5.72. The molecule has 0 aromatic heterocycles. The molecule has 1 fully saturated rings. The van der Waals surface area contributed by atoms with Gasteiger partial charge in [-0.2, -0.15) is 0 Å². The molecule has 5 atom stereocenters. The molecule has 0 amide bonds. The van der Waals surface area contributed by atoms with Crippen molar-refractivity contribution < 1.29 is 34.7 Å². The Balaban J connectivity index is 2.36. The monoisotopic (exact) mass is 324 g/mol. The highest BCUT2D eigenvalue weighted by Crippen LogP contribution is 2.29. The SMILES string of the molecule is CCCCCCOC(=O)SC1O[C@H](CO)[C@H](O)[C@H](O)[C@H]1O. The van der Waals surface area contributed by atoms with E-state index in [-0.39, 0.29) is 0 Å². The second-order valence-corrected chi connectivity index (χ2v) is 6.01. The number of thioether (sulfide) groups is 1. The quantitative estimate of drug-likeness (QED) is 0.389. The molecule has 1 aliphatic heterocycles. The molecule has 0 aromatic carbocycles. The van der Waals surface area contributed by atoms with Crippen LogP contribution in [0.5, 0.6) is 0 Å². The van der Waals surface area contributed by atoms with E-state index >= 15 is 0 Å². The highest BCUT2D eigenvalue weighted by atomic mass is 32.2. The zero-order valence-electron chi connectivity index (χ0n) is 12.1. The second-order valence-electron chi connectivity index (χ2n) is 4.97. The van der Waals surface area contributed by atoms with Gasteiger partial charge in [0, 0.05) is 0 Å². The first-order chi connectivity index (χ1) is 10.0. The minimum Gasteiger partial charge on any atom is -0.458 e. The average Bonchev–Trinajstić information content (AvgIpc) is 2.47. The topological polar surface area (TPSA) is 116 Å². The normalized spacial score (nSPS) is 32.9. The van der Waals surface area contributed by atoms with Gasteiger partial charge in [-0.15, -0.1) is 0 Å². The van der Waals surface area contributed by atoms with Gasteiger partial charge in [0.2, 0.25) is 0 Å². The van der Waals surface area contributed by atoms with Crippen molar-refractivity contribution in [3.05, 3.63) is 0 Å². The van der Waals surface area contributed by atoms with Gasteiger partial charge in [-0.1, -0.05) is 26.2 Å². The van der Waals surface area contributed by atoms with Crippen LogP contribution in [0.2, 0.25) is 0 Å². The number of hydrogen-bond acceptors (Lipinski definition) is 8. The Morgan fingerprint density at radius 3 is 2.48 bits per heavy atom.